The van der Waals surface area contributed by atoms with Gasteiger partial charge in [0.05, 0.1) is 0 Å². The van der Waals surface area contributed by atoms with E-state index in [4.69, 9.17) is 0 Å². The number of hydrogen-bond acceptors (Lipinski definition) is 0. The predicted molar refractivity (Wildman–Crippen MR) is 43.4 cm³/mol. The van der Waals surface area contributed by atoms with Gasteiger partial charge in [-0.05, 0) is 11.8 Å². The molecule has 54 valence electrons. The van der Waals surface area contributed by atoms with E-state index in [-0.39, 0.29) is 0 Å². The first-order chi connectivity index (χ1) is 4.30. The molecule has 1 aliphatic carbocycles. The molecular formula is C9H18. The smallest absolute Gasteiger partial charge is 0.0391 e. The topological polar surface area (TPSA) is 0 Å². The first kappa shape index (κ1) is 8.74. The van der Waals surface area contributed by atoms with Crippen molar-refractivity contribution in [1.82, 2.24) is 0 Å². The van der Waals surface area contributed by atoms with Crippen LogP contribution >= 0.6 is 0 Å². The molecule has 0 heteroatoms. The summed E-state index contributed by atoms with van der Waals surface area (Å²) in [5, 5.41) is 0. The second-order valence-corrected chi connectivity index (χ2v) is 2.94. The average Bonchev–Trinajstić information content (AvgIpc) is 1.65. The Labute approximate surface area is 59.0 Å². The maximum atomic E-state index is 3.00. The van der Waals surface area contributed by atoms with Gasteiger partial charge in [0.25, 0.3) is 0 Å². The van der Waals surface area contributed by atoms with Crippen molar-refractivity contribution in [2.24, 2.45) is 11.8 Å². The van der Waals surface area contributed by atoms with E-state index >= 15 is 0 Å². The van der Waals surface area contributed by atoms with Crippen LogP contribution in [0.15, 0.2) is 13.2 Å². The van der Waals surface area contributed by atoms with Crippen LogP contribution in [0.25, 0.3) is 0 Å². The summed E-state index contributed by atoms with van der Waals surface area (Å²) in [6, 6.07) is 0. The Kier molecular flexibility index (Phi) is 4.47. The molecule has 0 radical (unpaired) electrons. The Hall–Kier alpha value is -0.260. The first-order valence-corrected chi connectivity index (χ1v) is 3.80. The van der Waals surface area contributed by atoms with Crippen molar-refractivity contribution in [2.75, 3.05) is 0 Å². The van der Waals surface area contributed by atoms with E-state index in [0.717, 1.165) is 11.8 Å². The monoisotopic (exact) mass is 126 g/mol. The summed E-state index contributed by atoms with van der Waals surface area (Å²) >= 11 is 0. The quantitative estimate of drug-likeness (QED) is 0.473. The van der Waals surface area contributed by atoms with Gasteiger partial charge in [0.15, 0.2) is 0 Å². The van der Waals surface area contributed by atoms with Crippen LogP contribution in [-0.4, -0.2) is 0 Å². The lowest BCUT2D eigenvalue weighted by molar-refractivity contribution is 0.235. The van der Waals surface area contributed by atoms with Crippen LogP contribution in [0, 0.1) is 11.8 Å². The Balaban J connectivity index is 0.000000291. The molecule has 0 N–H and O–H groups in total. The van der Waals surface area contributed by atoms with Crippen molar-refractivity contribution in [3.05, 3.63) is 13.2 Å². The van der Waals surface area contributed by atoms with E-state index in [1.807, 2.05) is 0 Å². The van der Waals surface area contributed by atoms with E-state index in [0.29, 0.717) is 0 Å². The van der Waals surface area contributed by atoms with E-state index < -0.39 is 0 Å². The highest BCUT2D eigenvalue weighted by Crippen LogP contribution is 2.32. The highest BCUT2D eigenvalue weighted by molar-refractivity contribution is 4.71. The summed E-state index contributed by atoms with van der Waals surface area (Å²) in [5.74, 6) is 2.04. The molecule has 0 spiro atoms. The molecule has 1 aliphatic rings. The van der Waals surface area contributed by atoms with Crippen LogP contribution in [0.3, 0.4) is 0 Å². The third-order valence-electron chi connectivity index (χ3n) is 2.09. The molecular weight excluding hydrogens is 108 g/mol. The zero-order valence-corrected chi connectivity index (χ0v) is 6.69. The molecule has 0 heterocycles. The minimum atomic E-state index is 0.953. The van der Waals surface area contributed by atoms with Crippen molar-refractivity contribution >= 4 is 0 Å². The van der Waals surface area contributed by atoms with E-state index in [2.05, 4.69) is 27.0 Å². The van der Waals surface area contributed by atoms with Gasteiger partial charge in [-0.3, -0.25) is 0 Å². The highest BCUT2D eigenvalue weighted by Gasteiger charge is 2.19. The molecule has 0 atom stereocenters. The number of hydrogen-bond donors (Lipinski definition) is 0. The van der Waals surface area contributed by atoms with Crippen molar-refractivity contribution in [3.8, 4) is 0 Å². The van der Waals surface area contributed by atoms with Crippen LogP contribution in [0.2, 0.25) is 0 Å². The van der Waals surface area contributed by atoms with Gasteiger partial charge in [0.1, 0.15) is 0 Å². The van der Waals surface area contributed by atoms with Crippen LogP contribution < -0.4 is 0 Å². The van der Waals surface area contributed by atoms with Gasteiger partial charge in [-0.2, -0.15) is 0 Å². The lowest BCUT2D eigenvalue weighted by atomic mass is 9.78. The highest BCUT2D eigenvalue weighted by atomic mass is 14.3. The van der Waals surface area contributed by atoms with Gasteiger partial charge >= 0.3 is 0 Å². The Morgan fingerprint density at radius 2 is 1.67 bits per heavy atom. The van der Waals surface area contributed by atoms with Crippen LogP contribution in [-0.2, 0) is 0 Å². The second kappa shape index (κ2) is 4.60. The summed E-state index contributed by atoms with van der Waals surface area (Å²) in [5.41, 5.74) is 0. The molecule has 0 saturated heterocycles. The molecule has 0 aliphatic heterocycles. The summed E-state index contributed by atoms with van der Waals surface area (Å²) in [6.07, 6.45) is 4.48. The molecule has 1 fully saturated rings. The molecule has 1 saturated carbocycles. The van der Waals surface area contributed by atoms with Gasteiger partial charge in [-0.1, -0.05) is 33.1 Å². The Morgan fingerprint density at radius 1 is 1.22 bits per heavy atom. The van der Waals surface area contributed by atoms with Crippen molar-refractivity contribution in [2.45, 2.75) is 33.1 Å². The lowest BCUT2D eigenvalue weighted by Crippen LogP contribution is -2.16. The fraction of sp³-hybridized carbons (Fsp3) is 0.778. The fourth-order valence-corrected chi connectivity index (χ4v) is 1.11. The fourth-order valence-electron chi connectivity index (χ4n) is 1.11. The minimum absolute atomic E-state index is 0.953. The van der Waals surface area contributed by atoms with Crippen LogP contribution in [0.1, 0.15) is 33.1 Å². The molecule has 9 heavy (non-hydrogen) atoms. The molecule has 0 bridgehead atoms. The summed E-state index contributed by atoms with van der Waals surface area (Å²) < 4.78 is 0. The van der Waals surface area contributed by atoms with Crippen LogP contribution in [0.4, 0.5) is 0 Å². The van der Waals surface area contributed by atoms with Crippen molar-refractivity contribution < 1.29 is 0 Å². The van der Waals surface area contributed by atoms with E-state index in [1.165, 1.54) is 19.3 Å². The van der Waals surface area contributed by atoms with Crippen LogP contribution in [0.5, 0.6) is 0 Å². The predicted octanol–water partition coefficient (Wildman–Crippen LogP) is 3.24. The Morgan fingerprint density at radius 3 is 1.67 bits per heavy atom. The summed E-state index contributed by atoms with van der Waals surface area (Å²) in [4.78, 5) is 0. The van der Waals surface area contributed by atoms with E-state index in [1.54, 1.807) is 0 Å². The molecule has 0 aromatic rings. The van der Waals surface area contributed by atoms with Gasteiger partial charge in [-0.25, -0.2) is 0 Å². The average molecular weight is 126 g/mol. The molecule has 0 amide bonds. The summed E-state index contributed by atoms with van der Waals surface area (Å²) in [6.45, 7) is 10.6. The third kappa shape index (κ3) is 2.69. The Bertz CT molecular complexity index is 60.4. The van der Waals surface area contributed by atoms with Gasteiger partial charge in [-0.15, -0.1) is 13.2 Å². The standard InChI is InChI=1S/C7H14.C2H4/c1-6(2)7-4-3-5-7;1-2/h6-7H,3-5H2,1-2H3;1-2H2. The second-order valence-electron chi connectivity index (χ2n) is 2.94. The first-order valence-electron chi connectivity index (χ1n) is 3.80. The molecule has 0 aromatic heterocycles. The van der Waals surface area contributed by atoms with Gasteiger partial charge in [0, 0.05) is 0 Å². The maximum Gasteiger partial charge on any atom is -0.0391 e. The molecule has 0 nitrogen and oxygen atoms in total. The number of rotatable bonds is 1. The normalized spacial score (nSPS) is 18.1. The largest absolute Gasteiger partial charge is 0.106 e. The molecule has 0 unspecified atom stereocenters. The van der Waals surface area contributed by atoms with Gasteiger partial charge < -0.3 is 0 Å². The third-order valence-corrected chi connectivity index (χ3v) is 2.09. The molecule has 0 aromatic carbocycles. The SMILES string of the molecule is C=C.CC(C)C1CCC1. The van der Waals surface area contributed by atoms with E-state index in [9.17, 15) is 0 Å². The molecule has 1 rings (SSSR count). The summed E-state index contributed by atoms with van der Waals surface area (Å²) in [7, 11) is 0. The minimum Gasteiger partial charge on any atom is -0.106 e. The zero-order valence-electron chi connectivity index (χ0n) is 6.69. The maximum absolute atomic E-state index is 3.00. The van der Waals surface area contributed by atoms with Gasteiger partial charge in [0.2, 0.25) is 0 Å². The van der Waals surface area contributed by atoms with Crippen molar-refractivity contribution in [3.63, 3.8) is 0 Å². The zero-order chi connectivity index (χ0) is 7.28. The lowest BCUT2D eigenvalue weighted by Gasteiger charge is -2.28. The van der Waals surface area contributed by atoms with Crippen molar-refractivity contribution in [1.29, 1.82) is 0 Å².